The molecule has 2 rings (SSSR count). The van der Waals surface area contributed by atoms with Gasteiger partial charge in [-0.15, -0.1) is 0 Å². The monoisotopic (exact) mass is 310 g/mol. The van der Waals surface area contributed by atoms with Crippen molar-refractivity contribution in [3.8, 4) is 0 Å². The molecule has 0 aromatic heterocycles. The molecule has 0 atom stereocenters. The molecule has 0 amide bonds. The molecule has 0 unspecified atom stereocenters. The third-order valence-corrected chi connectivity index (χ3v) is 3.98. The quantitative estimate of drug-likeness (QED) is 0.746. The van der Waals surface area contributed by atoms with Crippen LogP contribution >= 0.6 is 15.9 Å². The Balaban J connectivity index is 2.02. The highest BCUT2D eigenvalue weighted by molar-refractivity contribution is 9.10. The molecule has 1 aromatic carbocycles. The Bertz CT molecular complexity index is 471. The number of hydrogen-bond donors (Lipinski definition) is 0. The molecule has 0 bridgehead atoms. The zero-order chi connectivity index (χ0) is 13.0. The van der Waals surface area contributed by atoms with Crippen LogP contribution in [0.4, 0.5) is 4.39 Å². The summed E-state index contributed by atoms with van der Waals surface area (Å²) in [5.74, 6) is -0.178. The van der Waals surface area contributed by atoms with E-state index in [4.69, 9.17) is 0 Å². The third-order valence-electron chi connectivity index (χ3n) is 3.24. The first-order chi connectivity index (χ1) is 8.65. The summed E-state index contributed by atoms with van der Waals surface area (Å²) in [5, 5.41) is 0. The first-order valence-corrected chi connectivity index (χ1v) is 7.10. The van der Waals surface area contributed by atoms with Gasteiger partial charge in [0, 0.05) is 10.9 Å². The summed E-state index contributed by atoms with van der Waals surface area (Å²) >= 11 is 3.29. The number of ketones is 1. The number of allylic oxidation sites excluding steroid dienone is 2. The molecule has 0 saturated heterocycles. The van der Waals surface area contributed by atoms with Crippen LogP contribution in [0, 0.1) is 5.82 Å². The van der Waals surface area contributed by atoms with Crippen LogP contribution in [0.3, 0.4) is 0 Å². The van der Waals surface area contributed by atoms with Gasteiger partial charge in [-0.1, -0.05) is 34.0 Å². The minimum atomic E-state index is -0.288. The highest BCUT2D eigenvalue weighted by Gasteiger charge is 2.09. The Morgan fingerprint density at radius 3 is 2.67 bits per heavy atom. The lowest BCUT2D eigenvalue weighted by Crippen LogP contribution is -2.03. The molecule has 1 aliphatic rings. The summed E-state index contributed by atoms with van der Waals surface area (Å²) in [6.45, 7) is 0. The molecule has 1 nitrogen and oxygen atoms in total. The molecule has 0 N–H and O–H groups in total. The van der Waals surface area contributed by atoms with E-state index in [1.165, 1.54) is 37.0 Å². The first-order valence-electron chi connectivity index (χ1n) is 6.31. The number of carbonyl (C=O) groups is 1. The Labute approximate surface area is 115 Å². The second kappa shape index (κ2) is 6.28. The average Bonchev–Trinajstić information content (AvgIpc) is 2.34. The van der Waals surface area contributed by atoms with E-state index in [1.54, 1.807) is 12.1 Å². The van der Waals surface area contributed by atoms with Gasteiger partial charge in [0.2, 0.25) is 0 Å². The van der Waals surface area contributed by atoms with Gasteiger partial charge < -0.3 is 0 Å². The first kappa shape index (κ1) is 13.5. The minimum absolute atomic E-state index is 0.110. The van der Waals surface area contributed by atoms with E-state index < -0.39 is 0 Å². The third kappa shape index (κ3) is 3.77. The van der Waals surface area contributed by atoms with E-state index in [1.807, 2.05) is 0 Å². The molecule has 3 heteroatoms. The molecule has 96 valence electrons. The lowest BCUT2D eigenvalue weighted by molar-refractivity contribution is -0.114. The number of carbonyl (C=O) groups excluding carboxylic acids is 1. The van der Waals surface area contributed by atoms with Crippen LogP contribution in [0.2, 0.25) is 0 Å². The second-order valence-electron chi connectivity index (χ2n) is 4.74. The maximum absolute atomic E-state index is 12.9. The van der Waals surface area contributed by atoms with E-state index >= 15 is 0 Å². The van der Waals surface area contributed by atoms with Crippen LogP contribution in [0.25, 0.3) is 0 Å². The molecule has 18 heavy (non-hydrogen) atoms. The Morgan fingerprint density at radius 2 is 2.00 bits per heavy atom. The summed E-state index contributed by atoms with van der Waals surface area (Å²) in [4.78, 5) is 11.9. The van der Waals surface area contributed by atoms with E-state index in [0.717, 1.165) is 18.4 Å². The SMILES string of the molecule is O=C(C=C1CCCCC1)Cc1ccc(F)cc1Br. The van der Waals surface area contributed by atoms with Gasteiger partial charge in [-0.25, -0.2) is 4.39 Å². The predicted molar refractivity (Wildman–Crippen MR) is 74.0 cm³/mol. The lowest BCUT2D eigenvalue weighted by atomic mass is 9.93. The Morgan fingerprint density at radius 1 is 1.28 bits per heavy atom. The molecule has 0 radical (unpaired) electrons. The fraction of sp³-hybridized carbons (Fsp3) is 0.400. The van der Waals surface area contributed by atoms with Gasteiger partial charge in [-0.3, -0.25) is 4.79 Å². The van der Waals surface area contributed by atoms with Crippen LogP contribution in [0.15, 0.2) is 34.3 Å². The normalized spacial score (nSPS) is 15.6. The van der Waals surface area contributed by atoms with E-state index in [9.17, 15) is 9.18 Å². The summed E-state index contributed by atoms with van der Waals surface area (Å²) < 4.78 is 13.6. The molecule has 0 heterocycles. The molecule has 0 aliphatic heterocycles. The van der Waals surface area contributed by atoms with Crippen LogP contribution in [0.1, 0.15) is 37.7 Å². The predicted octanol–water partition coefficient (Wildman–Crippen LogP) is 4.59. The zero-order valence-corrected chi connectivity index (χ0v) is 11.8. The number of halogens is 2. The molecule has 1 saturated carbocycles. The zero-order valence-electron chi connectivity index (χ0n) is 10.2. The van der Waals surface area contributed by atoms with Crippen molar-refractivity contribution >= 4 is 21.7 Å². The topological polar surface area (TPSA) is 17.1 Å². The van der Waals surface area contributed by atoms with Gasteiger partial charge in [0.15, 0.2) is 5.78 Å². The van der Waals surface area contributed by atoms with E-state index in [-0.39, 0.29) is 11.6 Å². The van der Waals surface area contributed by atoms with Crippen molar-refractivity contribution in [1.82, 2.24) is 0 Å². The Hall–Kier alpha value is -0.960. The second-order valence-corrected chi connectivity index (χ2v) is 5.60. The highest BCUT2D eigenvalue weighted by Crippen LogP contribution is 2.23. The van der Waals surface area contributed by atoms with Crippen LogP contribution < -0.4 is 0 Å². The van der Waals surface area contributed by atoms with Gasteiger partial charge in [0.25, 0.3) is 0 Å². The highest BCUT2D eigenvalue weighted by atomic mass is 79.9. The molecular weight excluding hydrogens is 295 g/mol. The average molecular weight is 311 g/mol. The van der Waals surface area contributed by atoms with E-state index in [2.05, 4.69) is 15.9 Å². The van der Waals surface area contributed by atoms with Crippen molar-refractivity contribution in [2.24, 2.45) is 0 Å². The van der Waals surface area contributed by atoms with Gasteiger partial charge >= 0.3 is 0 Å². The summed E-state index contributed by atoms with van der Waals surface area (Å²) in [5.41, 5.74) is 2.11. The largest absolute Gasteiger partial charge is 0.294 e. The molecule has 1 aromatic rings. The standard InChI is InChI=1S/C15H16BrFO/c16-15-10-13(17)7-6-12(15)9-14(18)8-11-4-2-1-3-5-11/h6-8,10H,1-5,9H2. The fourth-order valence-corrected chi connectivity index (χ4v) is 2.77. The summed E-state index contributed by atoms with van der Waals surface area (Å²) in [6, 6.07) is 4.45. The van der Waals surface area contributed by atoms with Gasteiger partial charge in [0.1, 0.15) is 5.82 Å². The molecule has 0 spiro atoms. The molecular formula is C15H16BrFO. The minimum Gasteiger partial charge on any atom is -0.294 e. The van der Waals surface area contributed by atoms with Crippen molar-refractivity contribution < 1.29 is 9.18 Å². The van der Waals surface area contributed by atoms with Gasteiger partial charge in [0.05, 0.1) is 0 Å². The maximum Gasteiger partial charge on any atom is 0.160 e. The van der Waals surface area contributed by atoms with Crippen LogP contribution in [0.5, 0.6) is 0 Å². The van der Waals surface area contributed by atoms with Gasteiger partial charge in [-0.05, 0) is 49.5 Å². The van der Waals surface area contributed by atoms with Crippen molar-refractivity contribution in [2.75, 3.05) is 0 Å². The van der Waals surface area contributed by atoms with Crippen molar-refractivity contribution in [3.05, 3.63) is 45.7 Å². The summed E-state index contributed by atoms with van der Waals surface area (Å²) in [7, 11) is 0. The number of hydrogen-bond acceptors (Lipinski definition) is 1. The number of benzene rings is 1. The Kier molecular flexibility index (Phi) is 4.70. The van der Waals surface area contributed by atoms with Crippen molar-refractivity contribution in [3.63, 3.8) is 0 Å². The summed E-state index contributed by atoms with van der Waals surface area (Å²) in [6.07, 6.45) is 7.89. The fourth-order valence-electron chi connectivity index (χ4n) is 2.28. The van der Waals surface area contributed by atoms with E-state index in [0.29, 0.717) is 10.9 Å². The van der Waals surface area contributed by atoms with Crippen molar-refractivity contribution in [1.29, 1.82) is 0 Å². The lowest BCUT2D eigenvalue weighted by Gasteiger charge is -2.13. The van der Waals surface area contributed by atoms with Crippen LogP contribution in [-0.2, 0) is 11.2 Å². The molecule has 1 fully saturated rings. The number of rotatable bonds is 3. The van der Waals surface area contributed by atoms with Crippen LogP contribution in [-0.4, -0.2) is 5.78 Å². The maximum atomic E-state index is 12.9. The smallest absolute Gasteiger partial charge is 0.160 e. The molecule has 1 aliphatic carbocycles. The van der Waals surface area contributed by atoms with Crippen molar-refractivity contribution in [2.45, 2.75) is 38.5 Å². The van der Waals surface area contributed by atoms with Gasteiger partial charge in [-0.2, -0.15) is 0 Å².